The second kappa shape index (κ2) is 4.72. The fraction of sp³-hybridized carbons (Fsp3) is 0.538. The molecule has 0 radical (unpaired) electrons. The van der Waals surface area contributed by atoms with E-state index in [1.807, 2.05) is 6.20 Å². The molecule has 0 aromatic carbocycles. The summed E-state index contributed by atoms with van der Waals surface area (Å²) >= 11 is 1.61. The average Bonchev–Trinajstić information content (AvgIpc) is 2.95. The van der Waals surface area contributed by atoms with Gasteiger partial charge in [0.15, 0.2) is 5.13 Å². The lowest BCUT2D eigenvalue weighted by Gasteiger charge is -2.19. The van der Waals surface area contributed by atoms with Gasteiger partial charge in [0.2, 0.25) is 0 Å². The SMILES string of the molecule is NC1=C(C(=O)Nc2ncc(C3CCCCC3)s2)C1. The lowest BCUT2D eigenvalue weighted by Crippen LogP contribution is -2.09. The second-order valence-corrected chi connectivity index (χ2v) is 6.10. The Balaban J connectivity index is 1.64. The Kier molecular flexibility index (Phi) is 3.07. The van der Waals surface area contributed by atoms with Gasteiger partial charge in [-0.2, -0.15) is 0 Å². The van der Waals surface area contributed by atoms with Gasteiger partial charge in [0.25, 0.3) is 5.91 Å². The van der Waals surface area contributed by atoms with Crippen LogP contribution in [0.25, 0.3) is 0 Å². The van der Waals surface area contributed by atoms with Crippen molar-refractivity contribution in [2.75, 3.05) is 5.32 Å². The number of nitrogens with two attached hydrogens (primary N) is 1. The molecule has 1 saturated carbocycles. The summed E-state index contributed by atoms with van der Waals surface area (Å²) in [6.45, 7) is 0. The highest BCUT2D eigenvalue weighted by atomic mass is 32.1. The first-order valence-corrected chi connectivity index (χ1v) is 7.30. The predicted molar refractivity (Wildman–Crippen MR) is 72.4 cm³/mol. The third-order valence-corrected chi connectivity index (χ3v) is 4.73. The molecule has 0 bridgehead atoms. The summed E-state index contributed by atoms with van der Waals surface area (Å²) in [7, 11) is 0. The maximum absolute atomic E-state index is 11.7. The number of nitrogens with one attached hydrogen (secondary N) is 1. The summed E-state index contributed by atoms with van der Waals surface area (Å²) in [4.78, 5) is 17.3. The Bertz CT molecular complexity index is 500. The summed E-state index contributed by atoms with van der Waals surface area (Å²) in [5.74, 6) is 0.559. The van der Waals surface area contributed by atoms with Gasteiger partial charge in [-0.1, -0.05) is 19.3 Å². The van der Waals surface area contributed by atoms with E-state index in [0.29, 0.717) is 28.7 Å². The first-order valence-electron chi connectivity index (χ1n) is 6.48. The number of nitrogens with zero attached hydrogens (tertiary/aromatic N) is 1. The van der Waals surface area contributed by atoms with Gasteiger partial charge in [-0.25, -0.2) is 4.98 Å². The number of thiazole rings is 1. The largest absolute Gasteiger partial charge is 0.401 e. The highest BCUT2D eigenvalue weighted by Gasteiger charge is 2.26. The van der Waals surface area contributed by atoms with E-state index in [4.69, 9.17) is 5.73 Å². The number of carbonyl (C=O) groups excluding carboxylic acids is 1. The lowest BCUT2D eigenvalue weighted by molar-refractivity contribution is -0.112. The Morgan fingerprint density at radius 3 is 2.78 bits per heavy atom. The third kappa shape index (κ3) is 2.41. The van der Waals surface area contributed by atoms with Crippen LogP contribution in [0.1, 0.15) is 49.3 Å². The maximum atomic E-state index is 11.7. The molecule has 1 aromatic rings. The van der Waals surface area contributed by atoms with Gasteiger partial charge in [-0.15, -0.1) is 11.3 Å². The van der Waals surface area contributed by atoms with Crippen LogP contribution in [-0.4, -0.2) is 10.9 Å². The van der Waals surface area contributed by atoms with Crippen molar-refractivity contribution in [2.24, 2.45) is 5.73 Å². The van der Waals surface area contributed by atoms with Crippen LogP contribution in [0.2, 0.25) is 0 Å². The van der Waals surface area contributed by atoms with Gasteiger partial charge in [-0.05, 0) is 18.8 Å². The van der Waals surface area contributed by atoms with Gasteiger partial charge in [0.05, 0.1) is 0 Å². The smallest absolute Gasteiger partial charge is 0.255 e. The van der Waals surface area contributed by atoms with Crippen molar-refractivity contribution in [1.29, 1.82) is 0 Å². The number of carbonyl (C=O) groups is 1. The van der Waals surface area contributed by atoms with Crippen LogP contribution < -0.4 is 11.1 Å². The van der Waals surface area contributed by atoms with Crippen molar-refractivity contribution in [3.8, 4) is 0 Å². The van der Waals surface area contributed by atoms with Crippen molar-refractivity contribution < 1.29 is 4.79 Å². The summed E-state index contributed by atoms with van der Waals surface area (Å²) < 4.78 is 0. The molecule has 1 fully saturated rings. The molecular formula is C13H17N3OS. The Morgan fingerprint density at radius 1 is 1.39 bits per heavy atom. The normalized spacial score (nSPS) is 20.0. The Morgan fingerprint density at radius 2 is 2.11 bits per heavy atom. The van der Waals surface area contributed by atoms with Crippen molar-refractivity contribution in [2.45, 2.75) is 44.4 Å². The van der Waals surface area contributed by atoms with E-state index in [-0.39, 0.29) is 5.91 Å². The number of amides is 1. The molecule has 5 heteroatoms. The van der Waals surface area contributed by atoms with Crippen LogP contribution in [0.3, 0.4) is 0 Å². The first-order chi connectivity index (χ1) is 8.74. The van der Waals surface area contributed by atoms with E-state index >= 15 is 0 Å². The molecule has 4 nitrogen and oxygen atoms in total. The van der Waals surface area contributed by atoms with Crippen LogP contribution in [0, 0.1) is 0 Å². The zero-order chi connectivity index (χ0) is 12.5. The van der Waals surface area contributed by atoms with Crippen molar-refractivity contribution in [3.63, 3.8) is 0 Å². The minimum Gasteiger partial charge on any atom is -0.401 e. The molecule has 18 heavy (non-hydrogen) atoms. The van der Waals surface area contributed by atoms with Crippen molar-refractivity contribution in [1.82, 2.24) is 4.98 Å². The zero-order valence-electron chi connectivity index (χ0n) is 10.2. The molecule has 3 rings (SSSR count). The number of rotatable bonds is 3. The molecule has 1 heterocycles. The fourth-order valence-electron chi connectivity index (χ4n) is 2.47. The quantitative estimate of drug-likeness (QED) is 0.881. The van der Waals surface area contributed by atoms with Gasteiger partial charge in [-0.3, -0.25) is 10.1 Å². The van der Waals surface area contributed by atoms with Crippen molar-refractivity contribution >= 4 is 22.4 Å². The molecule has 0 unspecified atom stereocenters. The van der Waals surface area contributed by atoms with Crippen LogP contribution in [-0.2, 0) is 4.79 Å². The molecule has 0 aliphatic heterocycles. The van der Waals surface area contributed by atoms with E-state index in [1.54, 1.807) is 11.3 Å². The highest BCUT2D eigenvalue weighted by molar-refractivity contribution is 7.15. The number of hydrogen-bond acceptors (Lipinski definition) is 4. The molecule has 2 aliphatic carbocycles. The van der Waals surface area contributed by atoms with Crippen LogP contribution >= 0.6 is 11.3 Å². The number of hydrogen-bond donors (Lipinski definition) is 2. The molecule has 3 N–H and O–H groups in total. The Hall–Kier alpha value is -1.36. The maximum Gasteiger partial charge on any atom is 0.255 e. The average molecular weight is 263 g/mol. The standard InChI is InChI=1S/C13H17N3OS/c14-10-6-9(10)12(17)16-13-15-7-11(18-13)8-4-2-1-3-5-8/h7-8H,1-6,14H2,(H,15,16,17). The molecule has 96 valence electrons. The summed E-state index contributed by atoms with van der Waals surface area (Å²) in [5, 5.41) is 3.53. The minimum absolute atomic E-state index is 0.0861. The van der Waals surface area contributed by atoms with Crippen LogP contribution in [0.15, 0.2) is 17.5 Å². The van der Waals surface area contributed by atoms with Gasteiger partial charge in [0, 0.05) is 28.8 Å². The monoisotopic (exact) mass is 263 g/mol. The van der Waals surface area contributed by atoms with Gasteiger partial charge >= 0.3 is 0 Å². The lowest BCUT2D eigenvalue weighted by atomic mass is 9.89. The second-order valence-electron chi connectivity index (χ2n) is 5.04. The Labute approximate surface area is 110 Å². The van der Waals surface area contributed by atoms with E-state index in [2.05, 4.69) is 10.3 Å². The number of allylic oxidation sites excluding steroid dienone is 1. The number of anilines is 1. The van der Waals surface area contributed by atoms with Gasteiger partial charge in [0.1, 0.15) is 0 Å². The molecule has 0 saturated heterocycles. The van der Waals surface area contributed by atoms with E-state index < -0.39 is 0 Å². The minimum atomic E-state index is -0.0861. The summed E-state index contributed by atoms with van der Waals surface area (Å²) in [5.41, 5.74) is 6.96. The predicted octanol–water partition coefficient (Wildman–Crippen LogP) is 2.75. The molecule has 0 atom stereocenters. The van der Waals surface area contributed by atoms with Crippen LogP contribution in [0.4, 0.5) is 5.13 Å². The molecule has 1 aromatic heterocycles. The topological polar surface area (TPSA) is 68.0 Å². The van der Waals surface area contributed by atoms with E-state index in [0.717, 1.165) is 0 Å². The van der Waals surface area contributed by atoms with Gasteiger partial charge < -0.3 is 5.73 Å². The fourth-order valence-corrected chi connectivity index (χ4v) is 3.45. The van der Waals surface area contributed by atoms with Crippen molar-refractivity contribution in [3.05, 3.63) is 22.3 Å². The number of aromatic nitrogens is 1. The third-order valence-electron chi connectivity index (χ3n) is 3.66. The first kappa shape index (κ1) is 11.7. The molecule has 2 aliphatic rings. The highest BCUT2D eigenvalue weighted by Crippen LogP contribution is 2.37. The zero-order valence-corrected chi connectivity index (χ0v) is 11.1. The van der Waals surface area contributed by atoms with E-state index in [9.17, 15) is 4.79 Å². The van der Waals surface area contributed by atoms with Crippen LogP contribution in [0.5, 0.6) is 0 Å². The molecule has 0 spiro atoms. The molecular weight excluding hydrogens is 246 g/mol. The van der Waals surface area contributed by atoms with E-state index in [1.165, 1.54) is 37.0 Å². The molecule has 1 amide bonds. The summed E-state index contributed by atoms with van der Waals surface area (Å²) in [6.07, 6.45) is 9.06. The summed E-state index contributed by atoms with van der Waals surface area (Å²) in [6, 6.07) is 0.